The molecule has 1 aliphatic rings. The van der Waals surface area contributed by atoms with Crippen LogP contribution >= 0.6 is 11.3 Å². The summed E-state index contributed by atoms with van der Waals surface area (Å²) in [4.78, 5) is 40.4. The third-order valence-electron chi connectivity index (χ3n) is 4.88. The number of fused-ring (bicyclic) bond motifs is 1. The zero-order chi connectivity index (χ0) is 21.3. The Labute approximate surface area is 175 Å². The number of thiazole rings is 1. The van der Waals surface area contributed by atoms with Gasteiger partial charge in [-0.25, -0.2) is 14.8 Å². The Morgan fingerprint density at radius 2 is 2.30 bits per heavy atom. The van der Waals surface area contributed by atoms with E-state index in [4.69, 9.17) is 10.6 Å². The fourth-order valence-corrected chi connectivity index (χ4v) is 4.02. The minimum absolute atomic E-state index is 0.0459. The fraction of sp³-hybridized carbons (Fsp3) is 0.316. The van der Waals surface area contributed by atoms with Gasteiger partial charge in [-0.1, -0.05) is 5.16 Å². The van der Waals surface area contributed by atoms with Gasteiger partial charge >= 0.3 is 5.97 Å². The largest absolute Gasteiger partial charge is 0.477 e. The molecule has 1 atom stereocenters. The molecule has 0 saturated carbocycles. The third-order valence-corrected chi connectivity index (χ3v) is 5.65. The van der Waals surface area contributed by atoms with Gasteiger partial charge in [-0.2, -0.15) is 0 Å². The Balaban J connectivity index is 1.83. The predicted molar refractivity (Wildman–Crippen MR) is 114 cm³/mol. The average Bonchev–Trinajstić information content (AvgIpc) is 3.42. The summed E-state index contributed by atoms with van der Waals surface area (Å²) in [6.07, 6.45) is 2.88. The second-order valence-corrected chi connectivity index (χ2v) is 7.59. The lowest BCUT2D eigenvalue weighted by molar-refractivity contribution is 0.0695. The summed E-state index contributed by atoms with van der Waals surface area (Å²) in [6.45, 7) is 3.90. The van der Waals surface area contributed by atoms with Crippen molar-refractivity contribution in [2.75, 3.05) is 31.1 Å². The first kappa shape index (κ1) is 20.0. The second-order valence-electron chi connectivity index (χ2n) is 6.72. The van der Waals surface area contributed by atoms with Crippen LogP contribution in [0.25, 0.3) is 16.2 Å². The molecule has 156 valence electrons. The SMILES string of the molecule is CCO/N=C1/CN(c2ccc3c(=O)c(C(=O)O)cn(-c4nccs4)c3n2)CC1CN. The van der Waals surface area contributed by atoms with Crippen molar-refractivity contribution in [3.8, 4) is 5.13 Å². The number of anilines is 1. The molecule has 0 aliphatic carbocycles. The first-order valence-corrected chi connectivity index (χ1v) is 10.2. The van der Waals surface area contributed by atoms with Crippen LogP contribution in [0.5, 0.6) is 0 Å². The third kappa shape index (κ3) is 3.53. The number of carboxylic acid groups (broad SMARTS) is 1. The van der Waals surface area contributed by atoms with E-state index in [2.05, 4.69) is 15.1 Å². The van der Waals surface area contributed by atoms with Crippen molar-refractivity contribution in [1.82, 2.24) is 14.5 Å². The molecular weight excluding hydrogens is 408 g/mol. The summed E-state index contributed by atoms with van der Waals surface area (Å²) >= 11 is 1.32. The lowest BCUT2D eigenvalue weighted by Crippen LogP contribution is -2.24. The second kappa shape index (κ2) is 8.20. The Bertz CT molecular complexity index is 1170. The molecule has 1 fully saturated rings. The van der Waals surface area contributed by atoms with Crippen molar-refractivity contribution in [2.45, 2.75) is 6.92 Å². The molecule has 4 rings (SSSR count). The molecule has 3 N–H and O–H groups in total. The van der Waals surface area contributed by atoms with E-state index >= 15 is 0 Å². The number of carboxylic acids is 1. The van der Waals surface area contributed by atoms with Crippen LogP contribution in [-0.4, -0.2) is 57.6 Å². The maximum atomic E-state index is 12.7. The van der Waals surface area contributed by atoms with E-state index in [1.54, 1.807) is 28.3 Å². The van der Waals surface area contributed by atoms with E-state index in [9.17, 15) is 14.7 Å². The number of oxime groups is 1. The van der Waals surface area contributed by atoms with Crippen molar-refractivity contribution in [2.24, 2.45) is 16.8 Å². The summed E-state index contributed by atoms with van der Waals surface area (Å²) in [5.41, 5.74) is 6.17. The zero-order valence-corrected chi connectivity index (χ0v) is 17.0. The van der Waals surface area contributed by atoms with Crippen LogP contribution in [0, 0.1) is 5.92 Å². The van der Waals surface area contributed by atoms with Gasteiger partial charge in [0.15, 0.2) is 10.8 Å². The predicted octanol–water partition coefficient (Wildman–Crippen LogP) is 1.33. The van der Waals surface area contributed by atoms with Crippen molar-refractivity contribution >= 4 is 39.9 Å². The van der Waals surface area contributed by atoms with Crippen molar-refractivity contribution in [1.29, 1.82) is 0 Å². The minimum Gasteiger partial charge on any atom is -0.477 e. The van der Waals surface area contributed by atoms with Gasteiger partial charge in [0.1, 0.15) is 18.0 Å². The summed E-state index contributed by atoms with van der Waals surface area (Å²) < 4.78 is 1.54. The first-order valence-electron chi connectivity index (χ1n) is 9.36. The van der Waals surface area contributed by atoms with Crippen molar-refractivity contribution in [3.63, 3.8) is 0 Å². The van der Waals surface area contributed by atoms with E-state index in [0.717, 1.165) is 5.71 Å². The quantitative estimate of drug-likeness (QED) is 0.561. The molecule has 3 aromatic heterocycles. The number of pyridine rings is 2. The van der Waals surface area contributed by atoms with E-state index in [0.29, 0.717) is 42.8 Å². The molecule has 1 aliphatic heterocycles. The van der Waals surface area contributed by atoms with Gasteiger partial charge in [0.25, 0.3) is 0 Å². The van der Waals surface area contributed by atoms with Gasteiger partial charge in [-0.3, -0.25) is 9.36 Å². The molecule has 0 aromatic carbocycles. The van der Waals surface area contributed by atoms with Gasteiger partial charge in [-0.15, -0.1) is 11.3 Å². The molecule has 30 heavy (non-hydrogen) atoms. The molecule has 0 radical (unpaired) electrons. The molecule has 11 heteroatoms. The molecule has 4 heterocycles. The van der Waals surface area contributed by atoms with Gasteiger partial charge < -0.3 is 20.6 Å². The lowest BCUT2D eigenvalue weighted by atomic mass is 10.1. The fourth-order valence-electron chi connectivity index (χ4n) is 3.40. The van der Waals surface area contributed by atoms with Crippen LogP contribution in [0.2, 0.25) is 0 Å². The van der Waals surface area contributed by atoms with Crippen LogP contribution < -0.4 is 16.1 Å². The van der Waals surface area contributed by atoms with Gasteiger partial charge in [0, 0.05) is 36.8 Å². The van der Waals surface area contributed by atoms with E-state index < -0.39 is 11.4 Å². The summed E-state index contributed by atoms with van der Waals surface area (Å²) in [7, 11) is 0. The number of nitrogens with two attached hydrogens (primary N) is 1. The maximum Gasteiger partial charge on any atom is 0.341 e. The normalized spacial score (nSPS) is 17.7. The highest BCUT2D eigenvalue weighted by molar-refractivity contribution is 7.12. The Morgan fingerprint density at radius 3 is 2.97 bits per heavy atom. The molecule has 1 saturated heterocycles. The topological polar surface area (TPSA) is 136 Å². The van der Waals surface area contributed by atoms with E-state index in [1.807, 2.05) is 11.8 Å². The van der Waals surface area contributed by atoms with Gasteiger partial charge in [0.05, 0.1) is 17.6 Å². The monoisotopic (exact) mass is 428 g/mol. The zero-order valence-electron chi connectivity index (χ0n) is 16.2. The van der Waals surface area contributed by atoms with Crippen LogP contribution in [0.15, 0.2) is 39.9 Å². The van der Waals surface area contributed by atoms with Gasteiger partial charge in [-0.05, 0) is 19.1 Å². The van der Waals surface area contributed by atoms with Crippen LogP contribution in [0.4, 0.5) is 5.82 Å². The Kier molecular flexibility index (Phi) is 5.46. The molecule has 0 bridgehead atoms. The van der Waals surface area contributed by atoms with Gasteiger partial charge in [0.2, 0.25) is 5.43 Å². The first-order chi connectivity index (χ1) is 14.5. The van der Waals surface area contributed by atoms with Crippen molar-refractivity contribution in [3.05, 3.63) is 45.7 Å². The number of rotatable bonds is 6. The highest BCUT2D eigenvalue weighted by Crippen LogP contribution is 2.25. The number of aromatic nitrogens is 3. The van der Waals surface area contributed by atoms with Crippen LogP contribution in [-0.2, 0) is 4.84 Å². The molecular formula is C19H20N6O4S. The molecule has 3 aromatic rings. The number of aromatic carboxylic acids is 1. The maximum absolute atomic E-state index is 12.7. The molecule has 10 nitrogen and oxygen atoms in total. The number of hydrogen-bond donors (Lipinski definition) is 2. The number of hydrogen-bond acceptors (Lipinski definition) is 9. The molecule has 0 spiro atoms. The van der Waals surface area contributed by atoms with E-state index in [1.165, 1.54) is 17.5 Å². The highest BCUT2D eigenvalue weighted by atomic mass is 32.1. The summed E-state index contributed by atoms with van der Waals surface area (Å²) in [6, 6.07) is 3.31. The van der Waals surface area contributed by atoms with Crippen molar-refractivity contribution < 1.29 is 14.7 Å². The lowest BCUT2D eigenvalue weighted by Gasteiger charge is -2.18. The smallest absolute Gasteiger partial charge is 0.341 e. The standard InChI is InChI=1S/C19H20N6O4S/c1-2-29-23-14-10-24(8-11(14)7-20)15-4-3-12-16(26)13(18(27)28)9-25(17(12)22-15)19-21-5-6-30-19/h3-6,9,11H,2,7-8,10,20H2,1H3,(H,27,28)/b23-14-. The highest BCUT2D eigenvalue weighted by Gasteiger charge is 2.30. The Hall–Kier alpha value is -3.31. The Morgan fingerprint density at radius 1 is 1.47 bits per heavy atom. The summed E-state index contributed by atoms with van der Waals surface area (Å²) in [5.74, 6) is -0.613. The molecule has 1 unspecified atom stereocenters. The van der Waals surface area contributed by atoms with E-state index in [-0.39, 0.29) is 16.9 Å². The van der Waals surface area contributed by atoms with Crippen LogP contribution in [0.3, 0.4) is 0 Å². The average molecular weight is 428 g/mol. The van der Waals surface area contributed by atoms with Crippen LogP contribution in [0.1, 0.15) is 17.3 Å². The minimum atomic E-state index is -1.29. The number of carbonyl (C=O) groups is 1. The molecule has 0 amide bonds. The summed E-state index contributed by atoms with van der Waals surface area (Å²) in [5, 5.41) is 16.1. The number of nitrogens with zero attached hydrogens (tertiary/aromatic N) is 5.